The van der Waals surface area contributed by atoms with Crippen LogP contribution < -0.4 is 10.7 Å². The number of rotatable bonds is 6. The maximum atomic E-state index is 12.6. The second-order valence-corrected chi connectivity index (χ2v) is 8.86. The number of ether oxygens (including phenoxy) is 2. The van der Waals surface area contributed by atoms with Crippen molar-refractivity contribution in [2.45, 2.75) is 19.7 Å². The van der Waals surface area contributed by atoms with Gasteiger partial charge in [0.25, 0.3) is 0 Å². The third-order valence-corrected chi connectivity index (χ3v) is 6.57. The molecular formula is C28H29N3O5. The SMILES string of the molecule is COC(=O)OC(C)n1c(=O)oc2c(N3CCN(Cc4cccc(-c5ccccc5)c4)CC3)cccc21. The number of fused-ring (bicyclic) bond motifs is 1. The Morgan fingerprint density at radius 1 is 0.944 bits per heavy atom. The summed E-state index contributed by atoms with van der Waals surface area (Å²) in [6.07, 6.45) is -1.71. The molecule has 0 radical (unpaired) electrons. The lowest BCUT2D eigenvalue weighted by Gasteiger charge is -2.36. The number of methoxy groups -OCH3 is 1. The molecule has 186 valence electrons. The number of piperazine rings is 1. The molecule has 8 heteroatoms. The Morgan fingerprint density at radius 3 is 2.42 bits per heavy atom. The van der Waals surface area contributed by atoms with Crippen LogP contribution in [0.15, 0.2) is 82.0 Å². The molecule has 5 rings (SSSR count). The molecule has 1 atom stereocenters. The van der Waals surface area contributed by atoms with Crippen LogP contribution in [0.4, 0.5) is 10.5 Å². The second-order valence-electron chi connectivity index (χ2n) is 8.86. The van der Waals surface area contributed by atoms with E-state index in [4.69, 9.17) is 9.15 Å². The van der Waals surface area contributed by atoms with Gasteiger partial charge in [0.05, 0.1) is 18.3 Å². The topological polar surface area (TPSA) is 77.1 Å². The lowest BCUT2D eigenvalue weighted by atomic mass is 10.0. The van der Waals surface area contributed by atoms with E-state index in [2.05, 4.69) is 63.1 Å². The summed E-state index contributed by atoms with van der Waals surface area (Å²) in [4.78, 5) is 28.8. The van der Waals surface area contributed by atoms with E-state index in [0.717, 1.165) is 38.4 Å². The zero-order valence-electron chi connectivity index (χ0n) is 20.4. The molecular weight excluding hydrogens is 458 g/mol. The Kier molecular flexibility index (Phi) is 6.77. The Morgan fingerprint density at radius 2 is 1.67 bits per heavy atom. The molecule has 0 spiro atoms. The summed E-state index contributed by atoms with van der Waals surface area (Å²) in [5.41, 5.74) is 5.66. The van der Waals surface area contributed by atoms with Crippen molar-refractivity contribution in [2.24, 2.45) is 0 Å². The second kappa shape index (κ2) is 10.3. The van der Waals surface area contributed by atoms with Crippen molar-refractivity contribution in [3.05, 3.63) is 88.9 Å². The molecule has 0 aliphatic carbocycles. The summed E-state index contributed by atoms with van der Waals surface area (Å²) >= 11 is 0. The van der Waals surface area contributed by atoms with Crippen LogP contribution >= 0.6 is 0 Å². The molecule has 0 N–H and O–H groups in total. The lowest BCUT2D eigenvalue weighted by Crippen LogP contribution is -2.46. The van der Waals surface area contributed by atoms with Crippen molar-refractivity contribution >= 4 is 22.9 Å². The highest BCUT2D eigenvalue weighted by Crippen LogP contribution is 2.29. The molecule has 1 aliphatic heterocycles. The van der Waals surface area contributed by atoms with Gasteiger partial charge in [0, 0.05) is 32.7 Å². The van der Waals surface area contributed by atoms with Crippen LogP contribution in [0.1, 0.15) is 18.7 Å². The van der Waals surface area contributed by atoms with Crippen LogP contribution in [0, 0.1) is 0 Å². The molecule has 4 aromatic rings. The third-order valence-electron chi connectivity index (χ3n) is 6.57. The zero-order valence-corrected chi connectivity index (χ0v) is 20.4. The van der Waals surface area contributed by atoms with Crippen molar-refractivity contribution in [3.63, 3.8) is 0 Å². The maximum Gasteiger partial charge on any atom is 0.509 e. The molecule has 1 saturated heterocycles. The van der Waals surface area contributed by atoms with Crippen molar-refractivity contribution < 1.29 is 18.7 Å². The van der Waals surface area contributed by atoms with E-state index >= 15 is 0 Å². The van der Waals surface area contributed by atoms with Crippen LogP contribution in [0.3, 0.4) is 0 Å². The minimum absolute atomic E-state index is 0.492. The van der Waals surface area contributed by atoms with Crippen molar-refractivity contribution in [1.82, 2.24) is 9.47 Å². The summed E-state index contributed by atoms with van der Waals surface area (Å²) in [5, 5.41) is 0. The van der Waals surface area contributed by atoms with Gasteiger partial charge in [-0.15, -0.1) is 0 Å². The van der Waals surface area contributed by atoms with Crippen LogP contribution in [0.2, 0.25) is 0 Å². The fraction of sp³-hybridized carbons (Fsp3) is 0.286. The van der Waals surface area contributed by atoms with Gasteiger partial charge in [0.15, 0.2) is 11.8 Å². The van der Waals surface area contributed by atoms with Gasteiger partial charge in [0.2, 0.25) is 0 Å². The van der Waals surface area contributed by atoms with Gasteiger partial charge in [-0.3, -0.25) is 4.90 Å². The fourth-order valence-corrected chi connectivity index (χ4v) is 4.76. The Balaban J connectivity index is 1.29. The quantitative estimate of drug-likeness (QED) is 0.359. The summed E-state index contributed by atoms with van der Waals surface area (Å²) in [5.74, 6) is -0.578. The number of carbonyl (C=O) groups is 1. The number of hydrogen-bond donors (Lipinski definition) is 0. The number of oxazole rings is 1. The van der Waals surface area contributed by atoms with Gasteiger partial charge in [-0.25, -0.2) is 14.2 Å². The first kappa shape index (κ1) is 23.7. The Bertz CT molecular complexity index is 1400. The van der Waals surface area contributed by atoms with Gasteiger partial charge in [-0.1, -0.05) is 54.6 Å². The number of benzene rings is 3. The van der Waals surface area contributed by atoms with Gasteiger partial charge >= 0.3 is 11.9 Å². The van der Waals surface area contributed by atoms with Gasteiger partial charge in [-0.05, 0) is 41.8 Å². The van der Waals surface area contributed by atoms with Crippen LogP contribution in [0.5, 0.6) is 0 Å². The van der Waals surface area contributed by atoms with E-state index in [-0.39, 0.29) is 0 Å². The van der Waals surface area contributed by atoms with E-state index in [1.807, 2.05) is 18.2 Å². The minimum atomic E-state index is -0.857. The minimum Gasteiger partial charge on any atom is -0.438 e. The molecule has 8 nitrogen and oxygen atoms in total. The predicted octanol–water partition coefficient (Wildman–Crippen LogP) is 4.89. The third kappa shape index (κ3) is 4.85. The fourth-order valence-electron chi connectivity index (χ4n) is 4.76. The molecule has 1 fully saturated rings. The first-order valence-corrected chi connectivity index (χ1v) is 12.0. The van der Waals surface area contributed by atoms with Crippen LogP contribution in [-0.4, -0.2) is 48.9 Å². The molecule has 0 bridgehead atoms. The molecule has 0 amide bonds. The van der Waals surface area contributed by atoms with Gasteiger partial charge in [-0.2, -0.15) is 0 Å². The average molecular weight is 488 g/mol. The van der Waals surface area contributed by atoms with E-state index < -0.39 is 18.1 Å². The Hall–Kier alpha value is -4.04. The summed E-state index contributed by atoms with van der Waals surface area (Å²) in [6, 6.07) is 24.7. The smallest absolute Gasteiger partial charge is 0.438 e. The van der Waals surface area contributed by atoms with E-state index in [1.165, 1.54) is 28.4 Å². The molecule has 3 aromatic carbocycles. The van der Waals surface area contributed by atoms with Crippen molar-refractivity contribution in [3.8, 4) is 11.1 Å². The average Bonchev–Trinajstić information content (AvgIpc) is 3.25. The van der Waals surface area contributed by atoms with Crippen molar-refractivity contribution in [1.29, 1.82) is 0 Å². The molecule has 2 heterocycles. The lowest BCUT2D eigenvalue weighted by molar-refractivity contribution is 0.0145. The van der Waals surface area contributed by atoms with E-state index in [9.17, 15) is 9.59 Å². The van der Waals surface area contributed by atoms with Gasteiger partial charge in [0.1, 0.15) is 0 Å². The largest absolute Gasteiger partial charge is 0.509 e. The molecule has 36 heavy (non-hydrogen) atoms. The zero-order chi connectivity index (χ0) is 25.1. The number of nitrogens with zero attached hydrogens (tertiary/aromatic N) is 3. The molecule has 0 saturated carbocycles. The number of carbonyl (C=O) groups excluding carboxylic acids is 1. The number of para-hydroxylation sites is 1. The molecule has 1 unspecified atom stereocenters. The number of anilines is 1. The Labute approximate surface area is 209 Å². The molecule has 1 aromatic heterocycles. The standard InChI is InChI=1S/C28H29N3O5/c1-20(35-28(33)34-2)31-25-13-7-12-24(26(25)36-27(31)32)30-16-14-29(15-17-30)19-21-8-6-11-23(18-21)22-9-4-3-5-10-22/h3-13,18,20H,14-17,19H2,1-2H3. The first-order chi connectivity index (χ1) is 17.5. The number of aromatic nitrogens is 1. The highest BCUT2D eigenvalue weighted by Gasteiger charge is 2.24. The van der Waals surface area contributed by atoms with E-state index in [0.29, 0.717) is 11.1 Å². The van der Waals surface area contributed by atoms with Crippen molar-refractivity contribution in [2.75, 3.05) is 38.2 Å². The summed E-state index contributed by atoms with van der Waals surface area (Å²) in [6.45, 7) is 5.87. The maximum absolute atomic E-state index is 12.6. The normalized spacial score (nSPS) is 15.1. The van der Waals surface area contributed by atoms with Gasteiger partial charge < -0.3 is 18.8 Å². The first-order valence-electron chi connectivity index (χ1n) is 12.0. The highest BCUT2D eigenvalue weighted by molar-refractivity contribution is 5.87. The summed E-state index contributed by atoms with van der Waals surface area (Å²) in [7, 11) is 1.23. The summed E-state index contributed by atoms with van der Waals surface area (Å²) < 4.78 is 16.6. The molecule has 1 aliphatic rings. The van der Waals surface area contributed by atoms with Crippen LogP contribution in [0.25, 0.3) is 22.2 Å². The highest BCUT2D eigenvalue weighted by atomic mass is 16.7. The predicted molar refractivity (Wildman–Crippen MR) is 138 cm³/mol. The van der Waals surface area contributed by atoms with E-state index in [1.54, 1.807) is 13.0 Å². The monoisotopic (exact) mass is 487 g/mol. The number of hydrogen-bond acceptors (Lipinski definition) is 7. The van der Waals surface area contributed by atoms with Crippen LogP contribution in [-0.2, 0) is 16.0 Å².